The molecule has 0 spiro atoms. The molecule has 0 aliphatic heterocycles. The molecule has 8 nitrogen and oxygen atoms in total. The van der Waals surface area contributed by atoms with Crippen molar-refractivity contribution < 1.29 is 27.9 Å². The lowest BCUT2D eigenvalue weighted by atomic mass is 10.1. The molecule has 0 radical (unpaired) electrons. The number of carboxylic acid groups (broad SMARTS) is 1. The molecular formula is C17H17N2O6S-. The molecule has 1 amide bonds. The summed E-state index contributed by atoms with van der Waals surface area (Å²) < 4.78 is 32.7. The number of nitrogens with one attached hydrogen (secondary N) is 2. The van der Waals surface area contributed by atoms with Crippen molar-refractivity contribution in [1.82, 2.24) is 0 Å². The van der Waals surface area contributed by atoms with E-state index in [2.05, 4.69) is 10.0 Å². The van der Waals surface area contributed by atoms with Crippen molar-refractivity contribution in [3.05, 3.63) is 47.5 Å². The normalized spacial score (nSPS) is 10.9. The van der Waals surface area contributed by atoms with Gasteiger partial charge in [-0.1, -0.05) is 12.1 Å². The third kappa shape index (κ3) is 4.31. The standard InChI is InChI=1S/C17H18N2O6S/c1-10-4-5-12(17(21)22)8-15(10)19-26(23,24)13-6-7-14(18-11(2)20)16(9-13)25-3/h4-9,19H,1-3H3,(H,18,20)(H,21,22)/p-1. The average Bonchev–Trinajstić information content (AvgIpc) is 2.56. The monoisotopic (exact) mass is 377 g/mol. The summed E-state index contributed by atoms with van der Waals surface area (Å²) in [6.07, 6.45) is 0. The number of aromatic carboxylic acids is 1. The van der Waals surface area contributed by atoms with E-state index in [0.29, 0.717) is 11.3 Å². The highest BCUT2D eigenvalue weighted by molar-refractivity contribution is 7.92. The fraction of sp³-hybridized carbons (Fsp3) is 0.176. The van der Waals surface area contributed by atoms with Crippen molar-refractivity contribution in [2.24, 2.45) is 0 Å². The molecule has 138 valence electrons. The van der Waals surface area contributed by atoms with E-state index in [1.54, 1.807) is 6.92 Å². The van der Waals surface area contributed by atoms with Crippen molar-refractivity contribution in [2.75, 3.05) is 17.1 Å². The van der Waals surface area contributed by atoms with Gasteiger partial charge in [0.1, 0.15) is 5.75 Å². The molecule has 0 fully saturated rings. The van der Waals surface area contributed by atoms with Gasteiger partial charge in [-0.15, -0.1) is 0 Å². The van der Waals surface area contributed by atoms with Gasteiger partial charge >= 0.3 is 0 Å². The zero-order valence-electron chi connectivity index (χ0n) is 14.3. The highest BCUT2D eigenvalue weighted by atomic mass is 32.2. The van der Waals surface area contributed by atoms with E-state index in [0.717, 1.165) is 0 Å². The SMILES string of the molecule is COc1cc(S(=O)(=O)Nc2cc(C(=O)[O-])ccc2C)ccc1NC(C)=O. The zero-order chi connectivity index (χ0) is 19.5. The van der Waals surface area contributed by atoms with E-state index in [1.807, 2.05) is 0 Å². The maximum Gasteiger partial charge on any atom is 0.262 e. The molecule has 2 rings (SSSR count). The Morgan fingerprint density at radius 1 is 1.08 bits per heavy atom. The third-order valence-corrected chi connectivity index (χ3v) is 4.87. The number of rotatable bonds is 6. The minimum Gasteiger partial charge on any atom is -0.545 e. The molecule has 0 saturated carbocycles. The zero-order valence-corrected chi connectivity index (χ0v) is 15.1. The maximum absolute atomic E-state index is 12.6. The molecule has 26 heavy (non-hydrogen) atoms. The minimum absolute atomic E-state index is 0.110. The molecule has 9 heteroatoms. The summed E-state index contributed by atoms with van der Waals surface area (Å²) in [7, 11) is -2.67. The predicted molar refractivity (Wildman–Crippen MR) is 93.6 cm³/mol. The molecule has 0 aliphatic rings. The van der Waals surface area contributed by atoms with Gasteiger partial charge in [0.15, 0.2) is 0 Å². The number of amides is 1. The van der Waals surface area contributed by atoms with Gasteiger partial charge in [-0.2, -0.15) is 0 Å². The van der Waals surface area contributed by atoms with Crippen LogP contribution in [0.4, 0.5) is 11.4 Å². The fourth-order valence-corrected chi connectivity index (χ4v) is 3.33. The van der Waals surface area contributed by atoms with E-state index in [4.69, 9.17) is 4.74 Å². The molecule has 0 heterocycles. The second-order valence-electron chi connectivity index (χ2n) is 5.47. The summed E-state index contributed by atoms with van der Waals surface area (Å²) in [5, 5.41) is 13.5. The predicted octanol–water partition coefficient (Wildman–Crippen LogP) is 1.13. The van der Waals surface area contributed by atoms with Crippen LogP contribution in [0.25, 0.3) is 0 Å². The largest absolute Gasteiger partial charge is 0.545 e. The van der Waals surface area contributed by atoms with Crippen molar-refractivity contribution in [1.29, 1.82) is 0 Å². The van der Waals surface area contributed by atoms with Gasteiger partial charge in [0, 0.05) is 13.0 Å². The van der Waals surface area contributed by atoms with Gasteiger partial charge in [0.05, 0.1) is 29.3 Å². The summed E-state index contributed by atoms with van der Waals surface area (Å²) in [4.78, 5) is 22.0. The smallest absolute Gasteiger partial charge is 0.262 e. The second kappa shape index (κ2) is 7.44. The molecule has 2 aromatic carbocycles. The van der Waals surface area contributed by atoms with Gasteiger partial charge in [-0.05, 0) is 36.2 Å². The van der Waals surface area contributed by atoms with E-state index in [9.17, 15) is 23.1 Å². The number of anilines is 2. The Bertz CT molecular complexity index is 969. The number of hydrogen-bond donors (Lipinski definition) is 2. The lowest BCUT2D eigenvalue weighted by Gasteiger charge is -2.14. The first-order valence-electron chi connectivity index (χ1n) is 7.44. The Morgan fingerprint density at radius 3 is 2.35 bits per heavy atom. The molecule has 0 aliphatic carbocycles. The fourth-order valence-electron chi connectivity index (χ4n) is 2.19. The van der Waals surface area contributed by atoms with Gasteiger partial charge < -0.3 is 20.0 Å². The number of carbonyl (C=O) groups excluding carboxylic acids is 2. The lowest BCUT2D eigenvalue weighted by molar-refractivity contribution is -0.255. The van der Waals surface area contributed by atoms with Crippen LogP contribution in [0.15, 0.2) is 41.3 Å². The highest BCUT2D eigenvalue weighted by Gasteiger charge is 2.18. The van der Waals surface area contributed by atoms with E-state index >= 15 is 0 Å². The third-order valence-electron chi connectivity index (χ3n) is 3.51. The molecule has 0 bridgehead atoms. The summed E-state index contributed by atoms with van der Waals surface area (Å²) >= 11 is 0. The Morgan fingerprint density at radius 2 is 1.77 bits per heavy atom. The van der Waals surface area contributed by atoms with Gasteiger partial charge in [-0.3, -0.25) is 9.52 Å². The van der Waals surface area contributed by atoms with Crippen LogP contribution in [0.5, 0.6) is 5.75 Å². The van der Waals surface area contributed by atoms with Crippen molar-refractivity contribution in [2.45, 2.75) is 18.7 Å². The average molecular weight is 377 g/mol. The molecule has 0 unspecified atom stereocenters. The number of sulfonamides is 1. The summed E-state index contributed by atoms with van der Waals surface area (Å²) in [5.74, 6) is -1.57. The van der Waals surface area contributed by atoms with Gasteiger partial charge in [0.25, 0.3) is 10.0 Å². The summed E-state index contributed by atoms with van der Waals surface area (Å²) in [6, 6.07) is 7.95. The van der Waals surface area contributed by atoms with Crippen LogP contribution >= 0.6 is 0 Å². The quantitative estimate of drug-likeness (QED) is 0.777. The van der Waals surface area contributed by atoms with Crippen LogP contribution in [0, 0.1) is 6.92 Å². The van der Waals surface area contributed by atoms with E-state index < -0.39 is 16.0 Å². The first kappa shape index (κ1) is 19.3. The first-order valence-corrected chi connectivity index (χ1v) is 8.93. The van der Waals surface area contributed by atoms with Crippen LogP contribution in [0.1, 0.15) is 22.8 Å². The van der Waals surface area contributed by atoms with E-state index in [-0.39, 0.29) is 27.8 Å². The number of benzene rings is 2. The summed E-state index contributed by atoms with van der Waals surface area (Å²) in [5.41, 5.74) is 0.845. The second-order valence-corrected chi connectivity index (χ2v) is 7.15. The van der Waals surface area contributed by atoms with Crippen LogP contribution in [0.3, 0.4) is 0 Å². The van der Waals surface area contributed by atoms with Crippen molar-refractivity contribution in [3.8, 4) is 5.75 Å². The number of ether oxygens (including phenoxy) is 1. The molecule has 0 saturated heterocycles. The van der Waals surface area contributed by atoms with Crippen LogP contribution in [0.2, 0.25) is 0 Å². The van der Waals surface area contributed by atoms with Crippen LogP contribution < -0.4 is 19.9 Å². The Labute approximate surface area is 150 Å². The van der Waals surface area contributed by atoms with E-state index in [1.165, 1.54) is 50.4 Å². The topological polar surface area (TPSA) is 125 Å². The number of carbonyl (C=O) groups is 2. The molecule has 0 aromatic heterocycles. The van der Waals surface area contributed by atoms with Crippen molar-refractivity contribution >= 4 is 33.3 Å². The molecule has 2 aromatic rings. The number of aryl methyl sites for hydroxylation is 1. The lowest BCUT2D eigenvalue weighted by Crippen LogP contribution is -2.22. The highest BCUT2D eigenvalue weighted by Crippen LogP contribution is 2.29. The molecule has 2 N–H and O–H groups in total. The Balaban J connectivity index is 2.40. The number of hydrogen-bond acceptors (Lipinski definition) is 6. The first-order chi connectivity index (χ1) is 12.1. The van der Waals surface area contributed by atoms with Gasteiger partial charge in [-0.25, -0.2) is 8.42 Å². The number of carboxylic acids is 1. The molecular weight excluding hydrogens is 360 g/mol. The van der Waals surface area contributed by atoms with Crippen LogP contribution in [-0.4, -0.2) is 27.4 Å². The van der Waals surface area contributed by atoms with Crippen LogP contribution in [-0.2, 0) is 14.8 Å². The molecule has 0 atom stereocenters. The summed E-state index contributed by atoms with van der Waals surface area (Å²) in [6.45, 7) is 2.95. The Hall–Kier alpha value is -3.07. The van der Waals surface area contributed by atoms with Gasteiger partial charge in [0.2, 0.25) is 5.91 Å². The number of methoxy groups -OCH3 is 1. The van der Waals surface area contributed by atoms with Crippen molar-refractivity contribution in [3.63, 3.8) is 0 Å². The Kier molecular flexibility index (Phi) is 5.51. The minimum atomic E-state index is -4.01. The maximum atomic E-state index is 12.6.